The van der Waals surface area contributed by atoms with E-state index in [1.165, 1.54) is 0 Å². The van der Waals surface area contributed by atoms with Crippen LogP contribution < -0.4 is 5.73 Å². The monoisotopic (exact) mass is 126 g/mol. The van der Waals surface area contributed by atoms with E-state index in [4.69, 9.17) is 5.73 Å². The minimum absolute atomic E-state index is 0.0920. The second-order valence-electron chi connectivity index (χ2n) is 3.39. The normalized spacial score (nSPS) is 60.4. The van der Waals surface area contributed by atoms with Crippen LogP contribution in [0.25, 0.3) is 0 Å². The van der Waals surface area contributed by atoms with Crippen molar-refractivity contribution in [1.29, 1.82) is 0 Å². The van der Waals surface area contributed by atoms with Gasteiger partial charge in [-0.2, -0.15) is 4.91 Å². The summed E-state index contributed by atoms with van der Waals surface area (Å²) in [5.74, 6) is 0.535. The number of fused-ring (bicyclic) bond motifs is 1. The quantitative estimate of drug-likeness (QED) is 0.547. The summed E-state index contributed by atoms with van der Waals surface area (Å²) < 4.78 is 0. The number of hydrogen-bond acceptors (Lipinski definition) is 3. The highest BCUT2D eigenvalue weighted by Gasteiger charge is 2.88. The number of nitrogens with zero attached hydrogens (tertiary/aromatic N) is 1. The number of nitroso groups, excluding NO2 is 1. The van der Waals surface area contributed by atoms with E-state index in [0.717, 1.165) is 6.42 Å². The van der Waals surface area contributed by atoms with E-state index in [1.807, 2.05) is 6.92 Å². The Morgan fingerprint density at radius 1 is 1.89 bits per heavy atom. The lowest BCUT2D eigenvalue weighted by Gasteiger charge is -2.14. The zero-order chi connectivity index (χ0) is 6.70. The molecule has 50 valence electrons. The molecule has 2 fully saturated rings. The summed E-state index contributed by atoms with van der Waals surface area (Å²) in [6, 6.07) is 0. The van der Waals surface area contributed by atoms with Gasteiger partial charge in [0.2, 0.25) is 0 Å². The van der Waals surface area contributed by atoms with Crippen molar-refractivity contribution in [3.63, 3.8) is 0 Å². The van der Waals surface area contributed by atoms with Gasteiger partial charge in [0.1, 0.15) is 5.54 Å². The molecule has 9 heavy (non-hydrogen) atoms. The summed E-state index contributed by atoms with van der Waals surface area (Å²) in [7, 11) is 0. The first-order valence-corrected chi connectivity index (χ1v) is 3.26. The maximum atomic E-state index is 10.2. The van der Waals surface area contributed by atoms with Crippen molar-refractivity contribution in [1.82, 2.24) is 0 Å². The molecule has 2 aliphatic carbocycles. The van der Waals surface area contributed by atoms with Gasteiger partial charge in [-0.15, -0.1) is 0 Å². The molecule has 0 aliphatic heterocycles. The van der Waals surface area contributed by atoms with E-state index in [9.17, 15) is 4.91 Å². The highest BCUT2D eigenvalue weighted by molar-refractivity contribution is 5.40. The lowest BCUT2D eigenvalue weighted by Crippen LogP contribution is -2.25. The molecule has 3 heteroatoms. The molecule has 0 radical (unpaired) electrons. The number of hydrogen-bond donors (Lipinski definition) is 1. The molecule has 0 aromatic heterocycles. The summed E-state index contributed by atoms with van der Waals surface area (Å²) in [5, 5.41) is 3.10. The molecule has 3 unspecified atom stereocenters. The highest BCUT2D eigenvalue weighted by atomic mass is 16.3. The third-order valence-corrected chi connectivity index (χ3v) is 3.19. The van der Waals surface area contributed by atoms with Crippen molar-refractivity contribution in [2.45, 2.75) is 18.9 Å². The Morgan fingerprint density at radius 2 is 2.56 bits per heavy atom. The smallest absolute Gasteiger partial charge is 0.113 e. The van der Waals surface area contributed by atoms with Crippen LogP contribution in [0, 0.1) is 16.2 Å². The molecular weight excluding hydrogens is 116 g/mol. The Kier molecular flexibility index (Phi) is 0.628. The van der Waals surface area contributed by atoms with Crippen molar-refractivity contribution in [2.75, 3.05) is 6.54 Å². The molecule has 0 saturated heterocycles. The third-order valence-electron chi connectivity index (χ3n) is 3.19. The minimum atomic E-state index is -0.193. The Labute approximate surface area is 53.6 Å². The molecule has 2 N–H and O–H groups in total. The van der Waals surface area contributed by atoms with Gasteiger partial charge in [0.05, 0.1) is 0 Å². The fourth-order valence-corrected chi connectivity index (χ4v) is 1.95. The van der Waals surface area contributed by atoms with Gasteiger partial charge in [0, 0.05) is 12.0 Å². The van der Waals surface area contributed by atoms with Gasteiger partial charge in [-0.25, -0.2) is 0 Å². The number of rotatable bonds is 2. The lowest BCUT2D eigenvalue weighted by atomic mass is 9.95. The summed E-state index contributed by atoms with van der Waals surface area (Å²) in [5.41, 5.74) is 5.35. The first kappa shape index (κ1) is 5.35. The lowest BCUT2D eigenvalue weighted by molar-refractivity contribution is 0.393. The summed E-state index contributed by atoms with van der Waals surface area (Å²) >= 11 is 0. The Morgan fingerprint density at radius 3 is 2.67 bits per heavy atom. The van der Waals surface area contributed by atoms with Gasteiger partial charge in [0.15, 0.2) is 0 Å². The molecule has 0 aromatic carbocycles. The van der Waals surface area contributed by atoms with Gasteiger partial charge >= 0.3 is 0 Å². The third kappa shape index (κ3) is 0.308. The topological polar surface area (TPSA) is 55.4 Å². The first-order chi connectivity index (χ1) is 4.21. The van der Waals surface area contributed by atoms with Crippen LogP contribution in [0.1, 0.15) is 13.3 Å². The van der Waals surface area contributed by atoms with Crippen LogP contribution in [-0.4, -0.2) is 12.1 Å². The molecule has 0 amide bonds. The molecule has 3 nitrogen and oxygen atoms in total. The maximum absolute atomic E-state index is 10.2. The van der Waals surface area contributed by atoms with Crippen LogP contribution in [0.3, 0.4) is 0 Å². The van der Waals surface area contributed by atoms with Gasteiger partial charge in [0.25, 0.3) is 0 Å². The molecule has 3 atom stereocenters. The van der Waals surface area contributed by atoms with Crippen LogP contribution in [0.2, 0.25) is 0 Å². The molecular formula is C6H10N2O. The predicted molar refractivity (Wildman–Crippen MR) is 33.8 cm³/mol. The van der Waals surface area contributed by atoms with Crippen molar-refractivity contribution >= 4 is 0 Å². The van der Waals surface area contributed by atoms with E-state index in [-0.39, 0.29) is 11.0 Å². The molecule has 2 saturated carbocycles. The molecule has 0 aromatic rings. The van der Waals surface area contributed by atoms with E-state index in [2.05, 4.69) is 5.18 Å². The van der Waals surface area contributed by atoms with E-state index < -0.39 is 0 Å². The summed E-state index contributed by atoms with van der Waals surface area (Å²) in [6.07, 6.45) is 0.990. The maximum Gasteiger partial charge on any atom is 0.113 e. The summed E-state index contributed by atoms with van der Waals surface area (Å²) in [4.78, 5) is 10.2. The number of nitrogens with two attached hydrogens (primary N) is 1. The van der Waals surface area contributed by atoms with Gasteiger partial charge in [-0.3, -0.25) is 0 Å². The second-order valence-corrected chi connectivity index (χ2v) is 3.39. The fraction of sp³-hybridized carbons (Fsp3) is 1.00. The zero-order valence-electron chi connectivity index (χ0n) is 5.42. The van der Waals surface area contributed by atoms with Crippen molar-refractivity contribution in [3.8, 4) is 0 Å². The largest absolute Gasteiger partial charge is 0.330 e. The fourth-order valence-electron chi connectivity index (χ4n) is 1.95. The zero-order valence-corrected chi connectivity index (χ0v) is 5.42. The van der Waals surface area contributed by atoms with Gasteiger partial charge in [-0.1, -0.05) is 12.1 Å². The minimum Gasteiger partial charge on any atom is -0.330 e. The molecule has 0 bridgehead atoms. The Bertz CT molecular complexity index is 182. The van der Waals surface area contributed by atoms with Crippen molar-refractivity contribution in [3.05, 3.63) is 4.91 Å². The van der Waals surface area contributed by atoms with Gasteiger partial charge in [-0.05, 0) is 12.3 Å². The van der Waals surface area contributed by atoms with Crippen molar-refractivity contribution in [2.24, 2.45) is 22.2 Å². The molecule has 0 heterocycles. The van der Waals surface area contributed by atoms with E-state index in [1.54, 1.807) is 0 Å². The van der Waals surface area contributed by atoms with Crippen LogP contribution in [-0.2, 0) is 0 Å². The predicted octanol–water partition coefficient (Wildman–Crippen LogP) is 0.490. The molecule has 2 aliphatic rings. The van der Waals surface area contributed by atoms with Gasteiger partial charge < -0.3 is 5.73 Å². The standard InChI is InChI=1S/C6H10N2O/c1-5(3-7)4-2-6(4,5)8-9/h4H,2-3,7H2,1H3. The van der Waals surface area contributed by atoms with Crippen molar-refractivity contribution < 1.29 is 0 Å². The average Bonchev–Trinajstić information content (AvgIpc) is 2.71. The summed E-state index contributed by atoms with van der Waals surface area (Å²) in [6.45, 7) is 2.66. The van der Waals surface area contributed by atoms with Crippen LogP contribution >= 0.6 is 0 Å². The SMILES string of the molecule is CC1(CN)C2CC21N=O. The molecule has 2 rings (SSSR count). The Hall–Kier alpha value is -0.440. The highest BCUT2D eigenvalue weighted by Crippen LogP contribution is 2.82. The van der Waals surface area contributed by atoms with Crippen LogP contribution in [0.4, 0.5) is 0 Å². The van der Waals surface area contributed by atoms with E-state index >= 15 is 0 Å². The van der Waals surface area contributed by atoms with Crippen LogP contribution in [0.5, 0.6) is 0 Å². The first-order valence-electron chi connectivity index (χ1n) is 3.26. The second kappa shape index (κ2) is 1.06. The van der Waals surface area contributed by atoms with E-state index in [0.29, 0.717) is 12.5 Å². The average molecular weight is 126 g/mol. The Balaban J connectivity index is 2.18. The van der Waals surface area contributed by atoms with Crippen LogP contribution in [0.15, 0.2) is 5.18 Å². The molecule has 0 spiro atoms.